The van der Waals surface area contributed by atoms with E-state index in [1.165, 1.54) is 12.1 Å². The molecule has 1 fully saturated rings. The summed E-state index contributed by atoms with van der Waals surface area (Å²) in [5.41, 5.74) is -0.796. The summed E-state index contributed by atoms with van der Waals surface area (Å²) >= 11 is 0. The average molecular weight is 642 g/mol. The monoisotopic (exact) mass is 641 g/mol. The average Bonchev–Trinajstić information content (AvgIpc) is 3.79. The van der Waals surface area contributed by atoms with Gasteiger partial charge in [-0.05, 0) is 102 Å². The van der Waals surface area contributed by atoms with E-state index in [2.05, 4.69) is 10.3 Å². The smallest absolute Gasteiger partial charge is 0.234 e. The molecule has 47 heavy (non-hydrogen) atoms. The van der Waals surface area contributed by atoms with Crippen molar-refractivity contribution in [3.05, 3.63) is 83.4 Å². The van der Waals surface area contributed by atoms with Gasteiger partial charge in [-0.1, -0.05) is 6.07 Å². The molecule has 4 aromatic rings. The lowest BCUT2D eigenvalue weighted by molar-refractivity contribution is -0.126. The van der Waals surface area contributed by atoms with E-state index in [-0.39, 0.29) is 49.5 Å². The zero-order valence-corrected chi connectivity index (χ0v) is 27.1. The fourth-order valence-corrected chi connectivity index (χ4v) is 5.73. The standard InChI is InChI=1S/C37H40FN3O6/c1-35(2,44)15-17-40-34(43)36(3)21-46-33-27(36)20-30(41-32(33)22-7-9-25(38)10-8-22)37(4,45)14-13-28(42)24-18-23-6-5-16-39-31(23)29(19-24)47-26-11-12-26/h5-10,16,18-20,26,44-45H,11-15,17,21H2,1-4H3,(H,40,43)/t36-,37-/m0/s1. The lowest BCUT2D eigenvalue weighted by atomic mass is 9.81. The van der Waals surface area contributed by atoms with Crippen molar-refractivity contribution in [3.63, 3.8) is 0 Å². The Kier molecular flexibility index (Phi) is 8.52. The maximum absolute atomic E-state index is 13.9. The number of nitrogens with zero attached hydrogens (tertiary/aromatic N) is 2. The topological polar surface area (TPSA) is 131 Å². The Labute approximate surface area is 273 Å². The third-order valence-electron chi connectivity index (χ3n) is 8.91. The molecule has 0 saturated heterocycles. The van der Waals surface area contributed by atoms with Gasteiger partial charge < -0.3 is 25.0 Å². The number of carbonyl (C=O) groups is 2. The zero-order valence-electron chi connectivity index (χ0n) is 27.1. The number of amides is 1. The zero-order chi connectivity index (χ0) is 33.6. The molecule has 2 atom stereocenters. The highest BCUT2D eigenvalue weighted by Gasteiger charge is 2.46. The highest BCUT2D eigenvalue weighted by molar-refractivity contribution is 6.01. The second-order valence-electron chi connectivity index (χ2n) is 13.7. The first-order chi connectivity index (χ1) is 22.2. The number of aliphatic hydroxyl groups is 2. The van der Waals surface area contributed by atoms with Crippen molar-refractivity contribution < 1.29 is 33.7 Å². The van der Waals surface area contributed by atoms with E-state index in [0.717, 1.165) is 18.2 Å². The number of carbonyl (C=O) groups excluding carboxylic acids is 2. The van der Waals surface area contributed by atoms with E-state index >= 15 is 0 Å². The van der Waals surface area contributed by atoms with Crippen LogP contribution in [-0.4, -0.2) is 56.7 Å². The van der Waals surface area contributed by atoms with E-state index in [0.29, 0.717) is 45.8 Å². The van der Waals surface area contributed by atoms with Gasteiger partial charge in [0.25, 0.3) is 0 Å². The van der Waals surface area contributed by atoms with Crippen LogP contribution in [0, 0.1) is 5.82 Å². The maximum Gasteiger partial charge on any atom is 0.234 e. The van der Waals surface area contributed by atoms with Gasteiger partial charge in [-0.3, -0.25) is 14.6 Å². The molecular formula is C37H40FN3O6. The molecular weight excluding hydrogens is 601 g/mol. The van der Waals surface area contributed by atoms with Crippen molar-refractivity contribution >= 4 is 22.6 Å². The van der Waals surface area contributed by atoms with Gasteiger partial charge in [-0.25, -0.2) is 9.37 Å². The molecule has 246 valence electrons. The van der Waals surface area contributed by atoms with Gasteiger partial charge in [0.2, 0.25) is 5.91 Å². The summed E-state index contributed by atoms with van der Waals surface area (Å²) in [5.74, 6) is 0.0630. The van der Waals surface area contributed by atoms with Gasteiger partial charge in [0, 0.05) is 41.2 Å². The van der Waals surface area contributed by atoms with Crippen molar-refractivity contribution in [1.29, 1.82) is 0 Å². The van der Waals surface area contributed by atoms with Crippen LogP contribution < -0.4 is 14.8 Å². The van der Waals surface area contributed by atoms with E-state index in [9.17, 15) is 24.2 Å². The minimum Gasteiger partial charge on any atom is -0.489 e. The van der Waals surface area contributed by atoms with Crippen LogP contribution in [0.15, 0.2) is 60.8 Å². The summed E-state index contributed by atoms with van der Waals surface area (Å²) < 4.78 is 26.0. The predicted octanol–water partition coefficient (Wildman–Crippen LogP) is 5.78. The van der Waals surface area contributed by atoms with Crippen LogP contribution in [0.4, 0.5) is 4.39 Å². The minimum absolute atomic E-state index is 0.0114. The molecule has 1 saturated carbocycles. The van der Waals surface area contributed by atoms with Gasteiger partial charge in [0.05, 0.1) is 17.4 Å². The number of halogens is 1. The number of pyridine rings is 2. The first-order valence-electron chi connectivity index (χ1n) is 16.0. The quantitative estimate of drug-likeness (QED) is 0.166. The number of nitrogens with one attached hydrogen (secondary N) is 1. The normalized spacial score (nSPS) is 18.7. The molecule has 9 nitrogen and oxygen atoms in total. The Balaban J connectivity index is 1.30. The second kappa shape index (κ2) is 12.3. The minimum atomic E-state index is -1.58. The fraction of sp³-hybridized carbons (Fsp3) is 0.405. The predicted molar refractivity (Wildman–Crippen MR) is 175 cm³/mol. The number of ether oxygens (including phenoxy) is 2. The van der Waals surface area contributed by atoms with Crippen LogP contribution in [0.3, 0.4) is 0 Å². The van der Waals surface area contributed by atoms with E-state index in [1.807, 2.05) is 12.1 Å². The molecule has 1 aliphatic heterocycles. The number of rotatable bonds is 12. The van der Waals surface area contributed by atoms with Gasteiger partial charge in [-0.15, -0.1) is 0 Å². The molecule has 2 aromatic carbocycles. The van der Waals surface area contributed by atoms with Crippen molar-refractivity contribution in [2.24, 2.45) is 0 Å². The number of benzene rings is 2. The Morgan fingerprint density at radius 2 is 1.83 bits per heavy atom. The summed E-state index contributed by atoms with van der Waals surface area (Å²) in [6.45, 7) is 6.97. The molecule has 3 N–H and O–H groups in total. The summed E-state index contributed by atoms with van der Waals surface area (Å²) in [4.78, 5) is 36.4. The van der Waals surface area contributed by atoms with Crippen LogP contribution in [0.25, 0.3) is 22.2 Å². The fourth-order valence-electron chi connectivity index (χ4n) is 5.73. The van der Waals surface area contributed by atoms with Gasteiger partial charge in [-0.2, -0.15) is 0 Å². The third kappa shape index (κ3) is 6.99. The van der Waals surface area contributed by atoms with Gasteiger partial charge >= 0.3 is 0 Å². The van der Waals surface area contributed by atoms with Gasteiger partial charge in [0.1, 0.15) is 46.1 Å². The van der Waals surface area contributed by atoms with Crippen LogP contribution in [-0.2, 0) is 15.8 Å². The molecule has 2 aromatic heterocycles. The molecule has 1 amide bonds. The first kappa shape index (κ1) is 32.5. The molecule has 3 heterocycles. The van der Waals surface area contributed by atoms with Crippen LogP contribution in [0.1, 0.15) is 81.4 Å². The van der Waals surface area contributed by atoms with Gasteiger partial charge in [0.15, 0.2) is 5.78 Å². The maximum atomic E-state index is 13.9. The Morgan fingerprint density at radius 1 is 1.09 bits per heavy atom. The lowest BCUT2D eigenvalue weighted by Gasteiger charge is -2.27. The van der Waals surface area contributed by atoms with Crippen molar-refractivity contribution in [3.8, 4) is 22.8 Å². The number of Topliss-reactive ketones (excluding diaryl/α,β-unsaturated/α-hetero) is 1. The van der Waals surface area contributed by atoms with Crippen molar-refractivity contribution in [2.45, 2.75) is 82.5 Å². The second-order valence-corrected chi connectivity index (χ2v) is 13.7. The third-order valence-corrected chi connectivity index (χ3v) is 8.91. The lowest BCUT2D eigenvalue weighted by Crippen LogP contribution is -2.45. The molecule has 0 spiro atoms. The molecule has 10 heteroatoms. The molecule has 6 rings (SSSR count). The van der Waals surface area contributed by atoms with Crippen LogP contribution >= 0.6 is 0 Å². The van der Waals surface area contributed by atoms with Crippen molar-refractivity contribution in [1.82, 2.24) is 15.3 Å². The number of hydrogen-bond acceptors (Lipinski definition) is 8. The Bertz CT molecular complexity index is 1830. The molecule has 1 aliphatic carbocycles. The summed E-state index contributed by atoms with van der Waals surface area (Å²) in [5, 5.41) is 25.7. The number of fused-ring (bicyclic) bond motifs is 2. The summed E-state index contributed by atoms with van der Waals surface area (Å²) in [6.07, 6.45) is 4.17. The summed E-state index contributed by atoms with van der Waals surface area (Å²) in [6, 6.07) is 14.6. The Hall–Kier alpha value is -4.41. The molecule has 0 bridgehead atoms. The highest BCUT2D eigenvalue weighted by atomic mass is 19.1. The van der Waals surface area contributed by atoms with E-state index in [4.69, 9.17) is 14.5 Å². The SMILES string of the molecule is CC(C)(O)CCNC(=O)[C@@]1(C)COc2c1cc([C@@](C)(O)CCC(=O)c1cc(OC3CC3)c3ncccc3c1)nc2-c1ccc(F)cc1. The highest BCUT2D eigenvalue weighted by Crippen LogP contribution is 2.46. The van der Waals surface area contributed by atoms with Crippen LogP contribution in [0.2, 0.25) is 0 Å². The summed E-state index contributed by atoms with van der Waals surface area (Å²) in [7, 11) is 0. The number of hydrogen-bond donors (Lipinski definition) is 3. The number of ketones is 1. The molecule has 0 unspecified atom stereocenters. The Morgan fingerprint density at radius 3 is 2.53 bits per heavy atom. The largest absolute Gasteiger partial charge is 0.489 e. The van der Waals surface area contributed by atoms with Crippen molar-refractivity contribution in [2.75, 3.05) is 13.2 Å². The van der Waals surface area contributed by atoms with E-state index < -0.39 is 22.4 Å². The van der Waals surface area contributed by atoms with Crippen LogP contribution in [0.5, 0.6) is 11.5 Å². The van der Waals surface area contributed by atoms with E-state index in [1.54, 1.807) is 64.2 Å². The first-order valence-corrected chi connectivity index (χ1v) is 16.0. The molecule has 2 aliphatic rings. The molecule has 0 radical (unpaired) electrons. The number of aromatic nitrogens is 2.